The molecule has 1 aromatic heterocycles. The monoisotopic (exact) mass is 579 g/mol. The lowest BCUT2D eigenvalue weighted by atomic mass is 9.87. The lowest BCUT2D eigenvalue weighted by Crippen LogP contribution is -2.24. The second-order valence-electron chi connectivity index (χ2n) is 9.99. The first-order valence-electron chi connectivity index (χ1n) is 13.7. The van der Waals surface area contributed by atoms with Crippen molar-refractivity contribution in [2.45, 2.75) is 74.6 Å². The predicted octanol–water partition coefficient (Wildman–Crippen LogP) is 5.11. The van der Waals surface area contributed by atoms with Crippen LogP contribution in [0, 0.1) is 5.92 Å². The summed E-state index contributed by atoms with van der Waals surface area (Å²) in [7, 11) is -6.62. The first kappa shape index (κ1) is 29.8. The molecule has 4 rings (SSSR count). The number of ether oxygens (including phenoxy) is 1. The highest BCUT2D eigenvalue weighted by molar-refractivity contribution is 7.92. The summed E-state index contributed by atoms with van der Waals surface area (Å²) in [5.74, 6) is 0.0313. The smallest absolute Gasteiger partial charge is 0.336 e. The summed E-state index contributed by atoms with van der Waals surface area (Å²) in [6.45, 7) is 5.46. The van der Waals surface area contributed by atoms with Crippen LogP contribution < -0.4 is 5.32 Å². The highest BCUT2D eigenvalue weighted by Crippen LogP contribution is 2.50. The zero-order valence-corrected chi connectivity index (χ0v) is 24.3. The van der Waals surface area contributed by atoms with Crippen LogP contribution in [0.4, 0.5) is 5.82 Å². The average molecular weight is 580 g/mol. The van der Waals surface area contributed by atoms with Gasteiger partial charge in [-0.3, -0.25) is 14.3 Å². The first-order valence-corrected chi connectivity index (χ1v) is 16.9. The Hall–Kier alpha value is -2.17. The van der Waals surface area contributed by atoms with Crippen molar-refractivity contribution >= 4 is 29.2 Å². The van der Waals surface area contributed by atoms with Crippen molar-refractivity contribution in [3.8, 4) is 0 Å². The summed E-state index contributed by atoms with van der Waals surface area (Å²) in [4.78, 5) is 22.4. The molecule has 0 spiro atoms. The number of nitrogens with one attached hydrogen (secondary N) is 1. The van der Waals surface area contributed by atoms with Gasteiger partial charge in [0.15, 0.2) is 15.7 Å². The van der Waals surface area contributed by atoms with E-state index < -0.39 is 23.4 Å². The number of aromatic nitrogens is 2. The largest absolute Gasteiger partial charge is 0.381 e. The average Bonchev–Trinajstić information content (AvgIpc) is 3.78. The molecule has 0 unspecified atom stereocenters. The van der Waals surface area contributed by atoms with Gasteiger partial charge in [0.05, 0.1) is 53.5 Å². The highest BCUT2D eigenvalue weighted by Gasteiger charge is 2.37. The molecule has 2 aliphatic rings. The van der Waals surface area contributed by atoms with E-state index in [4.69, 9.17) is 13.8 Å². The molecular formula is C27H38N3O7PS. The maximum absolute atomic E-state index is 13.5. The summed E-state index contributed by atoms with van der Waals surface area (Å²) in [5.41, 5.74) is 1.19. The minimum absolute atomic E-state index is 0.0141. The molecule has 10 nitrogen and oxygen atoms in total. The Morgan fingerprint density at radius 2 is 1.72 bits per heavy atom. The zero-order valence-electron chi connectivity index (χ0n) is 22.6. The van der Waals surface area contributed by atoms with E-state index in [-0.39, 0.29) is 36.4 Å². The molecule has 1 saturated heterocycles. The van der Waals surface area contributed by atoms with Crippen LogP contribution in [0.2, 0.25) is 0 Å². The SMILES string of the molecule is CCOP(=O)(Cc1cnc(NC(=O)[C@H](CCC2CCOCC2)c2ccc(S(=O)(=O)C3CC3)cc2)cn1)OCC. The number of anilines is 1. The minimum Gasteiger partial charge on any atom is -0.381 e. The van der Waals surface area contributed by atoms with Gasteiger partial charge < -0.3 is 19.1 Å². The number of carbonyl (C=O) groups excluding carboxylic acids is 1. The molecule has 2 aromatic rings. The molecule has 1 N–H and O–H groups in total. The molecule has 39 heavy (non-hydrogen) atoms. The Bertz CT molecular complexity index is 1240. The maximum Gasteiger partial charge on any atom is 0.336 e. The topological polar surface area (TPSA) is 134 Å². The number of hydrogen-bond acceptors (Lipinski definition) is 9. The Labute approximate surface area is 230 Å². The number of rotatable bonds is 14. The van der Waals surface area contributed by atoms with E-state index >= 15 is 0 Å². The third-order valence-corrected chi connectivity index (χ3v) is 11.4. The van der Waals surface area contributed by atoms with E-state index in [0.29, 0.717) is 35.8 Å². The summed E-state index contributed by atoms with van der Waals surface area (Å²) in [6.07, 6.45) is 7.68. The third kappa shape index (κ3) is 8.17. The van der Waals surface area contributed by atoms with Crippen LogP contribution in [-0.4, -0.2) is 56.0 Å². The Morgan fingerprint density at radius 1 is 1.05 bits per heavy atom. The summed E-state index contributed by atoms with van der Waals surface area (Å²) < 4.78 is 54.2. The molecule has 1 atom stereocenters. The quantitative estimate of drug-likeness (QED) is 0.303. The second kappa shape index (κ2) is 13.5. The van der Waals surface area contributed by atoms with Gasteiger partial charge in [-0.15, -0.1) is 0 Å². The summed E-state index contributed by atoms with van der Waals surface area (Å²) >= 11 is 0. The van der Waals surface area contributed by atoms with Gasteiger partial charge in [-0.1, -0.05) is 12.1 Å². The molecule has 214 valence electrons. The van der Waals surface area contributed by atoms with Crippen LogP contribution in [0.1, 0.15) is 69.5 Å². The minimum atomic E-state index is -3.32. The van der Waals surface area contributed by atoms with Crippen LogP contribution in [0.25, 0.3) is 0 Å². The molecule has 0 bridgehead atoms. The number of benzene rings is 1. The Balaban J connectivity index is 1.47. The molecule has 1 aliphatic heterocycles. The molecule has 1 aliphatic carbocycles. The van der Waals surface area contributed by atoms with Crippen molar-refractivity contribution in [1.29, 1.82) is 0 Å². The van der Waals surface area contributed by atoms with E-state index in [1.807, 2.05) is 0 Å². The fourth-order valence-corrected chi connectivity index (χ4v) is 8.04. The van der Waals surface area contributed by atoms with Crippen molar-refractivity contribution in [1.82, 2.24) is 9.97 Å². The lowest BCUT2D eigenvalue weighted by Gasteiger charge is -2.24. The predicted molar refractivity (Wildman–Crippen MR) is 147 cm³/mol. The number of sulfone groups is 1. The van der Waals surface area contributed by atoms with Crippen molar-refractivity contribution in [3.63, 3.8) is 0 Å². The number of nitrogens with zero attached hydrogens (tertiary/aromatic N) is 2. The Morgan fingerprint density at radius 3 is 2.28 bits per heavy atom. The molecule has 1 aromatic carbocycles. The van der Waals surface area contributed by atoms with Gasteiger partial charge in [0.25, 0.3) is 0 Å². The van der Waals surface area contributed by atoms with E-state index in [9.17, 15) is 17.8 Å². The van der Waals surface area contributed by atoms with Crippen molar-refractivity contribution < 1.29 is 31.6 Å². The van der Waals surface area contributed by atoms with Crippen LogP contribution in [0.3, 0.4) is 0 Å². The van der Waals surface area contributed by atoms with Crippen LogP contribution in [0.5, 0.6) is 0 Å². The summed E-state index contributed by atoms with van der Waals surface area (Å²) in [5, 5.41) is 2.57. The molecular weight excluding hydrogens is 541 g/mol. The Kier molecular flexibility index (Phi) is 10.3. The fourth-order valence-electron chi connectivity index (χ4n) is 4.78. The molecule has 2 fully saturated rings. The fraction of sp³-hybridized carbons (Fsp3) is 0.593. The van der Waals surface area contributed by atoms with E-state index in [1.165, 1.54) is 12.4 Å². The number of hydrogen-bond donors (Lipinski definition) is 1. The van der Waals surface area contributed by atoms with Gasteiger partial charge in [0.2, 0.25) is 5.91 Å². The normalized spacial score (nSPS) is 17.6. The number of amides is 1. The van der Waals surface area contributed by atoms with E-state index in [0.717, 1.165) is 38.0 Å². The maximum atomic E-state index is 13.5. The van der Waals surface area contributed by atoms with E-state index in [1.54, 1.807) is 38.1 Å². The molecule has 1 amide bonds. The van der Waals surface area contributed by atoms with Gasteiger partial charge in [-0.2, -0.15) is 0 Å². The van der Waals surface area contributed by atoms with Gasteiger partial charge in [-0.25, -0.2) is 13.4 Å². The van der Waals surface area contributed by atoms with Crippen molar-refractivity contribution in [3.05, 3.63) is 47.9 Å². The third-order valence-electron chi connectivity index (χ3n) is 7.06. The van der Waals surface area contributed by atoms with Gasteiger partial charge in [0.1, 0.15) is 0 Å². The van der Waals surface area contributed by atoms with Gasteiger partial charge >= 0.3 is 7.60 Å². The number of carbonyl (C=O) groups is 1. The van der Waals surface area contributed by atoms with Gasteiger partial charge in [-0.05, 0) is 76.0 Å². The zero-order chi connectivity index (χ0) is 27.9. The van der Waals surface area contributed by atoms with Gasteiger partial charge in [0, 0.05) is 13.2 Å². The van der Waals surface area contributed by atoms with Crippen LogP contribution in [-0.2, 0) is 39.1 Å². The van der Waals surface area contributed by atoms with Crippen molar-refractivity contribution in [2.75, 3.05) is 31.7 Å². The standard InChI is InChI=1S/C27H38N3O7PS/c1-3-36-38(32,37-4-2)19-22-17-29-26(18-28-22)30-27(31)25(12-5-20-13-15-35-16-14-20)21-6-8-23(9-7-21)39(33,34)24-10-11-24/h6-9,17-18,20,24-25H,3-5,10-16,19H2,1-2H3,(H,29,30,31)/t25-/m1/s1. The summed E-state index contributed by atoms with van der Waals surface area (Å²) in [6, 6.07) is 6.72. The van der Waals surface area contributed by atoms with Crippen molar-refractivity contribution in [2.24, 2.45) is 5.92 Å². The van der Waals surface area contributed by atoms with Crippen LogP contribution in [0.15, 0.2) is 41.6 Å². The molecule has 1 saturated carbocycles. The molecule has 2 heterocycles. The highest BCUT2D eigenvalue weighted by atomic mass is 32.2. The lowest BCUT2D eigenvalue weighted by molar-refractivity contribution is -0.117. The first-order chi connectivity index (χ1) is 18.7. The second-order valence-corrected chi connectivity index (χ2v) is 14.3. The van der Waals surface area contributed by atoms with E-state index in [2.05, 4.69) is 15.3 Å². The van der Waals surface area contributed by atoms with Crippen LogP contribution >= 0.6 is 7.60 Å². The molecule has 0 radical (unpaired) electrons. The molecule has 12 heteroatoms.